The summed E-state index contributed by atoms with van der Waals surface area (Å²) in [7, 11) is 1.53. The third kappa shape index (κ3) is 3.64. The van der Waals surface area contributed by atoms with Crippen LogP contribution in [0.3, 0.4) is 0 Å². The topological polar surface area (TPSA) is 29.5 Å². The van der Waals surface area contributed by atoms with Crippen LogP contribution in [0.2, 0.25) is 0 Å². The Balaban J connectivity index is 3.37. The van der Waals surface area contributed by atoms with E-state index < -0.39 is 0 Å². The molecule has 0 aromatic heterocycles. The van der Waals surface area contributed by atoms with Crippen LogP contribution in [-0.4, -0.2) is 30.5 Å². The van der Waals surface area contributed by atoms with E-state index in [0.29, 0.717) is 0 Å². The van der Waals surface area contributed by atoms with Crippen LogP contribution in [0.1, 0.15) is 31.9 Å². The first-order valence-electron chi connectivity index (χ1n) is 6.83. The molecular weight excluding hydrogens is 270 g/mol. The fourth-order valence-electron chi connectivity index (χ4n) is 2.26. The van der Waals surface area contributed by atoms with Crippen LogP contribution in [0.25, 0.3) is 0 Å². The van der Waals surface area contributed by atoms with Crippen molar-refractivity contribution in [1.29, 1.82) is 0 Å². The number of carbonyl (C=O) groups is 1. The summed E-state index contributed by atoms with van der Waals surface area (Å²) in [6.45, 7) is 8.00. The lowest BCUT2D eigenvalue weighted by Crippen LogP contribution is -2.44. The van der Waals surface area contributed by atoms with Gasteiger partial charge in [-0.05, 0) is 38.3 Å². The van der Waals surface area contributed by atoms with Gasteiger partial charge >= 0.3 is 0 Å². The molecule has 0 bridgehead atoms. The lowest BCUT2D eigenvalue weighted by Gasteiger charge is -2.32. The first kappa shape index (κ1) is 16.8. The molecule has 20 heavy (non-hydrogen) atoms. The Kier molecular flexibility index (Phi) is 6.30. The Morgan fingerprint density at radius 3 is 2.60 bits per heavy atom. The summed E-state index contributed by atoms with van der Waals surface area (Å²) in [5.74, 6) is -0.0619. The van der Waals surface area contributed by atoms with Crippen LogP contribution in [0, 0.1) is 6.92 Å². The van der Waals surface area contributed by atoms with Gasteiger partial charge in [-0.15, -0.1) is 0 Å². The minimum Gasteiger partial charge on any atom is -0.375 e. The van der Waals surface area contributed by atoms with Gasteiger partial charge in [0, 0.05) is 12.0 Å². The predicted octanol–water partition coefficient (Wildman–Crippen LogP) is 3.32. The Hall–Kier alpha value is -1.26. The van der Waals surface area contributed by atoms with Gasteiger partial charge in [0.2, 0.25) is 0 Å². The number of hydrogen-bond acceptors (Lipinski definition) is 3. The highest BCUT2D eigenvalue weighted by molar-refractivity contribution is 7.80. The number of methoxy groups -OCH3 is 1. The molecule has 0 fully saturated rings. The van der Waals surface area contributed by atoms with Crippen molar-refractivity contribution in [1.82, 2.24) is 0 Å². The van der Waals surface area contributed by atoms with Gasteiger partial charge in [-0.1, -0.05) is 37.3 Å². The largest absolute Gasteiger partial charge is 0.375 e. The van der Waals surface area contributed by atoms with Crippen LogP contribution in [0.4, 0.5) is 5.69 Å². The van der Waals surface area contributed by atoms with E-state index in [1.54, 1.807) is 4.90 Å². The zero-order chi connectivity index (χ0) is 15.3. The number of thiocarbonyl (C=S) groups is 1. The molecule has 0 saturated carbocycles. The molecule has 0 radical (unpaired) electrons. The number of carbonyl (C=O) groups excluding carboxylic acids is 1. The highest BCUT2D eigenvalue weighted by atomic mass is 32.1. The van der Waals surface area contributed by atoms with Gasteiger partial charge in [0.25, 0.3) is 5.91 Å². The third-order valence-electron chi connectivity index (χ3n) is 3.46. The van der Waals surface area contributed by atoms with Crippen molar-refractivity contribution in [2.24, 2.45) is 0 Å². The number of ether oxygens (including phenoxy) is 1. The summed E-state index contributed by atoms with van der Waals surface area (Å²) < 4.78 is 5.01. The molecule has 1 unspecified atom stereocenters. The van der Waals surface area contributed by atoms with E-state index >= 15 is 0 Å². The summed E-state index contributed by atoms with van der Waals surface area (Å²) in [4.78, 5) is 15.0. The van der Waals surface area contributed by atoms with Crippen LogP contribution >= 0.6 is 12.2 Å². The second kappa shape index (κ2) is 7.50. The molecule has 1 amide bonds. The van der Waals surface area contributed by atoms with Gasteiger partial charge in [-0.3, -0.25) is 4.79 Å². The molecule has 0 saturated heterocycles. The first-order chi connectivity index (χ1) is 9.43. The first-order valence-corrected chi connectivity index (χ1v) is 7.24. The molecule has 0 aliphatic carbocycles. The minimum absolute atomic E-state index is 0.0600. The Morgan fingerprint density at radius 1 is 1.45 bits per heavy atom. The van der Waals surface area contributed by atoms with Crippen LogP contribution in [0.15, 0.2) is 18.2 Å². The quantitative estimate of drug-likeness (QED) is 0.754. The van der Waals surface area contributed by atoms with Crippen molar-refractivity contribution in [2.75, 3.05) is 18.6 Å². The van der Waals surface area contributed by atoms with Gasteiger partial charge in [0.15, 0.2) is 0 Å². The maximum Gasteiger partial charge on any atom is 0.253 e. The molecule has 0 aliphatic heterocycles. The van der Waals surface area contributed by atoms with Crippen molar-refractivity contribution < 1.29 is 9.53 Å². The van der Waals surface area contributed by atoms with Crippen molar-refractivity contribution in [3.8, 4) is 0 Å². The van der Waals surface area contributed by atoms with Gasteiger partial charge in [-0.2, -0.15) is 0 Å². The number of hydrogen-bond donors (Lipinski definition) is 0. The molecule has 1 aromatic rings. The summed E-state index contributed by atoms with van der Waals surface area (Å²) >= 11 is 5.29. The van der Waals surface area contributed by atoms with Crippen molar-refractivity contribution >= 4 is 28.7 Å². The second-order valence-corrected chi connectivity index (χ2v) is 5.56. The van der Waals surface area contributed by atoms with Crippen LogP contribution in [-0.2, 0) is 16.0 Å². The van der Waals surface area contributed by atoms with E-state index in [1.165, 1.54) is 7.11 Å². The molecule has 1 aromatic carbocycles. The molecule has 0 N–H and O–H groups in total. The number of aryl methyl sites for hydroxylation is 2. The molecule has 3 nitrogen and oxygen atoms in total. The number of nitrogens with zero attached hydrogens (tertiary/aromatic N) is 1. The van der Waals surface area contributed by atoms with E-state index in [0.717, 1.165) is 28.1 Å². The normalized spacial score (nSPS) is 12.1. The van der Waals surface area contributed by atoms with E-state index in [2.05, 4.69) is 13.0 Å². The van der Waals surface area contributed by atoms with Crippen molar-refractivity contribution in [3.05, 3.63) is 29.3 Å². The number of para-hydroxylation sites is 1. The van der Waals surface area contributed by atoms with E-state index in [9.17, 15) is 4.79 Å². The molecule has 4 heteroatoms. The highest BCUT2D eigenvalue weighted by Gasteiger charge is 2.26. The number of benzene rings is 1. The van der Waals surface area contributed by atoms with E-state index in [1.807, 2.05) is 32.9 Å². The summed E-state index contributed by atoms with van der Waals surface area (Å²) in [5.41, 5.74) is 3.20. The van der Waals surface area contributed by atoms with Crippen LogP contribution in [0.5, 0.6) is 0 Å². The van der Waals surface area contributed by atoms with Gasteiger partial charge in [0.1, 0.15) is 6.61 Å². The van der Waals surface area contributed by atoms with E-state index in [4.69, 9.17) is 17.0 Å². The van der Waals surface area contributed by atoms with Gasteiger partial charge < -0.3 is 9.64 Å². The Morgan fingerprint density at radius 2 is 2.10 bits per heavy atom. The molecule has 1 rings (SSSR count). The third-order valence-corrected chi connectivity index (χ3v) is 3.80. The van der Waals surface area contributed by atoms with Crippen molar-refractivity contribution in [3.63, 3.8) is 0 Å². The zero-order valence-electron chi connectivity index (χ0n) is 12.9. The lowest BCUT2D eigenvalue weighted by atomic mass is 10.0. The summed E-state index contributed by atoms with van der Waals surface area (Å²) in [5, 5.41) is 0. The molecule has 1 atom stereocenters. The molecule has 0 spiro atoms. The minimum atomic E-state index is -0.126. The fourth-order valence-corrected chi connectivity index (χ4v) is 2.36. The van der Waals surface area contributed by atoms with Gasteiger partial charge in [-0.25, -0.2) is 0 Å². The number of amides is 1. The zero-order valence-corrected chi connectivity index (χ0v) is 13.7. The Labute approximate surface area is 126 Å². The maximum atomic E-state index is 12.5. The number of rotatable bonds is 6. The standard InChI is InChI=1S/C16H23NO2S/c1-6-14-9-7-8-11(2)16(14)17(12(3)13(4)20)15(18)10-19-5/h7-9,12H,6,10H2,1-5H3. The second-order valence-electron chi connectivity index (χ2n) is 4.92. The predicted molar refractivity (Wildman–Crippen MR) is 87.7 cm³/mol. The molecule has 0 heterocycles. The smallest absolute Gasteiger partial charge is 0.253 e. The monoisotopic (exact) mass is 293 g/mol. The van der Waals surface area contributed by atoms with Crippen LogP contribution < -0.4 is 4.90 Å². The summed E-state index contributed by atoms with van der Waals surface area (Å²) in [6.07, 6.45) is 0.872. The molecular formula is C16H23NO2S. The molecule has 0 aliphatic rings. The Bertz CT molecular complexity index is 499. The summed E-state index contributed by atoms with van der Waals surface area (Å²) in [6, 6.07) is 5.97. The SMILES string of the molecule is CCc1cccc(C)c1N(C(=O)COC)C(C)C(C)=S. The van der Waals surface area contributed by atoms with Crippen molar-refractivity contribution in [2.45, 2.75) is 40.2 Å². The average Bonchev–Trinajstić information content (AvgIpc) is 2.40. The molecule has 110 valence electrons. The maximum absolute atomic E-state index is 12.5. The average molecular weight is 293 g/mol. The number of anilines is 1. The van der Waals surface area contributed by atoms with E-state index in [-0.39, 0.29) is 18.6 Å². The fraction of sp³-hybridized carbons (Fsp3) is 0.500. The van der Waals surface area contributed by atoms with Gasteiger partial charge in [0.05, 0.1) is 11.7 Å². The lowest BCUT2D eigenvalue weighted by molar-refractivity contribution is -0.122. The highest BCUT2D eigenvalue weighted by Crippen LogP contribution is 2.28.